The van der Waals surface area contributed by atoms with Crippen LogP contribution in [0.3, 0.4) is 0 Å². The number of nitrogens with one attached hydrogen (secondary N) is 2. The molecule has 0 bridgehead atoms. The van der Waals surface area contributed by atoms with E-state index in [9.17, 15) is 4.79 Å². The molecule has 0 spiro atoms. The van der Waals surface area contributed by atoms with Gasteiger partial charge in [0, 0.05) is 52.0 Å². The Hall–Kier alpha value is -2.08. The number of carbonyl (C=O) groups excluding carboxylic acids is 1. The lowest BCUT2D eigenvalue weighted by atomic mass is 10.1. The third-order valence-corrected chi connectivity index (χ3v) is 4.66. The highest BCUT2D eigenvalue weighted by Crippen LogP contribution is 2.21. The van der Waals surface area contributed by atoms with Crippen LogP contribution in [-0.2, 0) is 16.1 Å². The smallest absolute Gasteiger partial charge is 0.226 e. The Balaban J connectivity index is 1.69. The lowest BCUT2D eigenvalue weighted by molar-refractivity contribution is -0.119. The first-order chi connectivity index (χ1) is 13.2. The molecule has 0 aliphatic carbocycles. The highest BCUT2D eigenvalue weighted by Gasteiger charge is 2.19. The zero-order valence-corrected chi connectivity index (χ0v) is 16.8. The van der Waals surface area contributed by atoms with Crippen molar-refractivity contribution in [3.63, 3.8) is 0 Å². The van der Waals surface area contributed by atoms with Crippen molar-refractivity contribution in [2.75, 3.05) is 38.3 Å². The molecule has 0 saturated carbocycles. The quantitative estimate of drug-likeness (QED) is 0.375. The molecule has 1 saturated heterocycles. The van der Waals surface area contributed by atoms with E-state index in [1.165, 1.54) is 6.42 Å². The number of hydrogen-bond acceptors (Lipinski definition) is 3. The van der Waals surface area contributed by atoms with Gasteiger partial charge in [-0.05, 0) is 43.4 Å². The first-order valence-corrected chi connectivity index (χ1v) is 10.2. The van der Waals surface area contributed by atoms with Crippen LogP contribution in [0.15, 0.2) is 29.3 Å². The maximum Gasteiger partial charge on any atom is 0.226 e. The molecule has 0 radical (unpaired) electrons. The highest BCUT2D eigenvalue weighted by atomic mass is 16.5. The molecule has 1 fully saturated rings. The second-order valence-corrected chi connectivity index (χ2v) is 6.84. The molecule has 6 nitrogen and oxygen atoms in total. The molecule has 1 aliphatic rings. The molecular weight excluding hydrogens is 340 g/mol. The summed E-state index contributed by atoms with van der Waals surface area (Å²) >= 11 is 0. The number of guanidine groups is 1. The van der Waals surface area contributed by atoms with E-state index in [0.717, 1.165) is 69.2 Å². The van der Waals surface area contributed by atoms with Crippen molar-refractivity contribution in [2.24, 2.45) is 4.99 Å². The monoisotopic (exact) mass is 374 g/mol. The number of ether oxygens (including phenoxy) is 1. The fourth-order valence-corrected chi connectivity index (χ4v) is 3.01. The van der Waals surface area contributed by atoms with Gasteiger partial charge in [0.15, 0.2) is 5.96 Å². The van der Waals surface area contributed by atoms with Gasteiger partial charge in [0.1, 0.15) is 0 Å². The van der Waals surface area contributed by atoms with E-state index < -0.39 is 0 Å². The summed E-state index contributed by atoms with van der Waals surface area (Å²) in [6.45, 7) is 6.16. The molecule has 1 aromatic carbocycles. The van der Waals surface area contributed by atoms with Crippen molar-refractivity contribution in [3.8, 4) is 0 Å². The van der Waals surface area contributed by atoms with E-state index in [1.807, 2.05) is 17.0 Å². The van der Waals surface area contributed by atoms with Gasteiger partial charge in [-0.1, -0.05) is 25.5 Å². The number of anilines is 1. The molecule has 2 N–H and O–H groups in total. The third-order valence-electron chi connectivity index (χ3n) is 4.66. The van der Waals surface area contributed by atoms with Gasteiger partial charge >= 0.3 is 0 Å². The van der Waals surface area contributed by atoms with Crippen LogP contribution in [-0.4, -0.2) is 45.2 Å². The zero-order chi connectivity index (χ0) is 19.3. The Morgan fingerprint density at radius 1 is 1.15 bits per heavy atom. The Morgan fingerprint density at radius 2 is 1.93 bits per heavy atom. The molecule has 2 rings (SSSR count). The van der Waals surface area contributed by atoms with Crippen molar-refractivity contribution < 1.29 is 9.53 Å². The number of amides is 1. The Kier molecular flexibility index (Phi) is 9.69. The Labute approximate surface area is 163 Å². The number of nitrogens with zero attached hydrogens (tertiary/aromatic N) is 2. The van der Waals surface area contributed by atoms with E-state index in [-0.39, 0.29) is 5.91 Å². The predicted molar refractivity (Wildman–Crippen MR) is 111 cm³/mol. The van der Waals surface area contributed by atoms with Gasteiger partial charge in [0.05, 0.1) is 0 Å². The molecule has 1 heterocycles. The fourth-order valence-electron chi connectivity index (χ4n) is 3.01. The fraction of sp³-hybridized carbons (Fsp3) is 0.619. The van der Waals surface area contributed by atoms with Crippen molar-refractivity contribution in [3.05, 3.63) is 29.8 Å². The van der Waals surface area contributed by atoms with Gasteiger partial charge in [-0.3, -0.25) is 9.79 Å². The van der Waals surface area contributed by atoms with E-state index in [2.05, 4.69) is 34.7 Å². The van der Waals surface area contributed by atoms with Gasteiger partial charge < -0.3 is 20.3 Å². The molecule has 0 atom stereocenters. The number of benzene rings is 1. The van der Waals surface area contributed by atoms with Crippen LogP contribution in [0.5, 0.6) is 0 Å². The lowest BCUT2D eigenvalue weighted by Gasteiger charge is -2.26. The predicted octanol–water partition coefficient (Wildman–Crippen LogP) is 3.08. The van der Waals surface area contributed by atoms with Crippen molar-refractivity contribution >= 4 is 17.6 Å². The van der Waals surface area contributed by atoms with E-state index in [4.69, 9.17) is 4.74 Å². The third kappa shape index (κ3) is 7.59. The van der Waals surface area contributed by atoms with Crippen LogP contribution in [0, 0.1) is 0 Å². The topological polar surface area (TPSA) is 66.0 Å². The largest absolute Gasteiger partial charge is 0.381 e. The summed E-state index contributed by atoms with van der Waals surface area (Å²) in [4.78, 5) is 18.2. The normalized spacial score (nSPS) is 15.1. The maximum absolute atomic E-state index is 12.0. The number of unbranched alkanes of at least 4 members (excludes halogenated alkanes) is 1. The summed E-state index contributed by atoms with van der Waals surface area (Å²) in [6, 6.07) is 8.20. The first kappa shape index (κ1) is 21.2. The summed E-state index contributed by atoms with van der Waals surface area (Å²) in [5.74, 6) is 1.02. The molecule has 0 aromatic heterocycles. The maximum atomic E-state index is 12.0. The van der Waals surface area contributed by atoms with Crippen LogP contribution in [0.2, 0.25) is 0 Å². The molecule has 1 aliphatic heterocycles. The van der Waals surface area contributed by atoms with E-state index in [0.29, 0.717) is 13.0 Å². The number of rotatable bonds is 10. The number of aliphatic imine (C=N–C) groups is 1. The van der Waals surface area contributed by atoms with Gasteiger partial charge in [-0.2, -0.15) is 0 Å². The van der Waals surface area contributed by atoms with Crippen LogP contribution < -0.4 is 15.5 Å². The van der Waals surface area contributed by atoms with Crippen molar-refractivity contribution in [2.45, 2.75) is 52.0 Å². The molecule has 1 aromatic rings. The minimum atomic E-state index is 0.232. The van der Waals surface area contributed by atoms with Crippen LogP contribution >= 0.6 is 0 Å². The zero-order valence-electron chi connectivity index (χ0n) is 16.8. The van der Waals surface area contributed by atoms with Gasteiger partial charge in [0.2, 0.25) is 5.91 Å². The molecular formula is C21H34N4O2. The van der Waals surface area contributed by atoms with E-state index >= 15 is 0 Å². The van der Waals surface area contributed by atoms with Gasteiger partial charge in [-0.15, -0.1) is 0 Å². The van der Waals surface area contributed by atoms with E-state index in [1.54, 1.807) is 7.05 Å². The summed E-state index contributed by atoms with van der Waals surface area (Å²) in [5, 5.41) is 6.63. The summed E-state index contributed by atoms with van der Waals surface area (Å²) < 4.78 is 5.56. The summed E-state index contributed by atoms with van der Waals surface area (Å²) in [6.07, 6.45) is 6.01. The van der Waals surface area contributed by atoms with Crippen LogP contribution in [0.1, 0.15) is 51.0 Å². The SMILES string of the molecule is CCCCOCCCNC(=NC)NCc1ccc(N2CCCCC2=O)cc1. The molecule has 1 amide bonds. The minimum absolute atomic E-state index is 0.232. The Bertz CT molecular complexity index is 586. The molecule has 0 unspecified atom stereocenters. The number of piperidine rings is 1. The molecule has 150 valence electrons. The van der Waals surface area contributed by atoms with Crippen LogP contribution in [0.4, 0.5) is 5.69 Å². The molecule has 27 heavy (non-hydrogen) atoms. The highest BCUT2D eigenvalue weighted by molar-refractivity contribution is 5.93. The summed E-state index contributed by atoms with van der Waals surface area (Å²) in [7, 11) is 1.78. The number of carbonyl (C=O) groups is 1. The average molecular weight is 375 g/mol. The van der Waals surface area contributed by atoms with Gasteiger partial charge in [-0.25, -0.2) is 0 Å². The number of hydrogen-bond donors (Lipinski definition) is 2. The van der Waals surface area contributed by atoms with Crippen molar-refractivity contribution in [1.82, 2.24) is 10.6 Å². The Morgan fingerprint density at radius 3 is 2.63 bits per heavy atom. The van der Waals surface area contributed by atoms with Crippen molar-refractivity contribution in [1.29, 1.82) is 0 Å². The average Bonchev–Trinajstić information content (AvgIpc) is 2.70. The molecule has 6 heteroatoms. The lowest BCUT2D eigenvalue weighted by Crippen LogP contribution is -2.37. The van der Waals surface area contributed by atoms with Gasteiger partial charge in [0.25, 0.3) is 0 Å². The standard InChI is InChI=1S/C21H34N4O2/c1-3-4-15-27-16-7-13-23-21(22-2)24-17-18-9-11-19(12-10-18)25-14-6-5-8-20(25)26/h9-12H,3-8,13-17H2,1-2H3,(H2,22,23,24). The van der Waals surface area contributed by atoms with Crippen LogP contribution in [0.25, 0.3) is 0 Å². The minimum Gasteiger partial charge on any atom is -0.381 e. The second-order valence-electron chi connectivity index (χ2n) is 6.84. The second kappa shape index (κ2) is 12.3. The first-order valence-electron chi connectivity index (χ1n) is 10.2. The summed E-state index contributed by atoms with van der Waals surface area (Å²) in [5.41, 5.74) is 2.16.